The van der Waals surface area contributed by atoms with E-state index in [1.807, 2.05) is 54.2 Å². The summed E-state index contributed by atoms with van der Waals surface area (Å²) in [6, 6.07) is 11.7. The number of nitrogens with zero attached hydrogens (tertiary/aromatic N) is 2. The van der Waals surface area contributed by atoms with Crippen LogP contribution >= 0.6 is 11.6 Å². The Balaban J connectivity index is 1.68. The summed E-state index contributed by atoms with van der Waals surface area (Å²) in [7, 11) is 0. The molecule has 5 nitrogen and oxygen atoms in total. The second kappa shape index (κ2) is 7.68. The van der Waals surface area contributed by atoms with Gasteiger partial charge >= 0.3 is 0 Å². The van der Waals surface area contributed by atoms with Gasteiger partial charge in [-0.25, -0.2) is 0 Å². The maximum atomic E-state index is 12.1. The van der Waals surface area contributed by atoms with Crippen molar-refractivity contribution in [2.75, 3.05) is 0 Å². The van der Waals surface area contributed by atoms with Crippen molar-refractivity contribution in [3.05, 3.63) is 75.4 Å². The van der Waals surface area contributed by atoms with Crippen LogP contribution in [0.5, 0.6) is 0 Å². The van der Waals surface area contributed by atoms with E-state index in [9.17, 15) is 4.79 Å². The summed E-state index contributed by atoms with van der Waals surface area (Å²) in [6.07, 6.45) is 3.69. The van der Waals surface area contributed by atoms with E-state index < -0.39 is 0 Å². The van der Waals surface area contributed by atoms with Gasteiger partial charge in [0.25, 0.3) is 5.56 Å². The summed E-state index contributed by atoms with van der Waals surface area (Å²) >= 11 is 5.93. The first-order valence-corrected chi connectivity index (χ1v) is 8.60. The predicted molar refractivity (Wildman–Crippen MR) is 101 cm³/mol. The zero-order valence-electron chi connectivity index (χ0n) is 14.3. The standard InChI is InChI=1S/C19H21ClN4O/c1-13-7-8-24(23-13)12-14(2)21-11-17-9-16(10-22-19(17)25)15-3-5-18(20)6-4-15/h3-10,14,21H,11-12H2,1-2H3,(H,22,25)/t14-/m0/s1. The van der Waals surface area contributed by atoms with Gasteiger partial charge in [0.2, 0.25) is 0 Å². The number of aryl methyl sites for hydroxylation is 1. The second-order valence-corrected chi connectivity index (χ2v) is 6.65. The van der Waals surface area contributed by atoms with Gasteiger partial charge in [0.05, 0.1) is 12.2 Å². The van der Waals surface area contributed by atoms with E-state index in [1.54, 1.807) is 6.20 Å². The molecular formula is C19H21ClN4O. The van der Waals surface area contributed by atoms with Gasteiger partial charge in [0, 0.05) is 35.6 Å². The Hall–Kier alpha value is -2.37. The van der Waals surface area contributed by atoms with E-state index in [4.69, 9.17) is 11.6 Å². The van der Waals surface area contributed by atoms with Crippen molar-refractivity contribution in [1.82, 2.24) is 20.1 Å². The fourth-order valence-corrected chi connectivity index (χ4v) is 2.79. The highest BCUT2D eigenvalue weighted by Crippen LogP contribution is 2.20. The number of benzene rings is 1. The van der Waals surface area contributed by atoms with Gasteiger partial charge in [-0.1, -0.05) is 23.7 Å². The summed E-state index contributed by atoms with van der Waals surface area (Å²) in [5.74, 6) is 0. The number of hydrogen-bond acceptors (Lipinski definition) is 3. The average Bonchev–Trinajstić information content (AvgIpc) is 3.00. The van der Waals surface area contributed by atoms with Crippen LogP contribution in [0.15, 0.2) is 53.6 Å². The van der Waals surface area contributed by atoms with Crippen molar-refractivity contribution < 1.29 is 0 Å². The third kappa shape index (κ3) is 4.59. The number of halogens is 1. The molecule has 0 aliphatic heterocycles. The molecule has 2 aromatic heterocycles. The van der Waals surface area contributed by atoms with E-state index in [2.05, 4.69) is 22.3 Å². The molecule has 2 N–H and O–H groups in total. The molecule has 0 bridgehead atoms. The molecule has 3 rings (SSSR count). The van der Waals surface area contributed by atoms with Gasteiger partial charge in [-0.15, -0.1) is 0 Å². The molecule has 0 radical (unpaired) electrons. The van der Waals surface area contributed by atoms with Crippen LogP contribution < -0.4 is 10.9 Å². The first-order valence-electron chi connectivity index (χ1n) is 8.22. The molecule has 0 spiro atoms. The fraction of sp³-hybridized carbons (Fsp3) is 0.263. The van der Waals surface area contributed by atoms with Crippen LogP contribution in [-0.4, -0.2) is 20.8 Å². The van der Waals surface area contributed by atoms with Crippen molar-refractivity contribution in [3.63, 3.8) is 0 Å². The number of aromatic nitrogens is 3. The lowest BCUT2D eigenvalue weighted by atomic mass is 10.1. The molecule has 2 heterocycles. The molecule has 6 heteroatoms. The first kappa shape index (κ1) is 17.5. The first-order chi connectivity index (χ1) is 12.0. The highest BCUT2D eigenvalue weighted by molar-refractivity contribution is 6.30. The van der Waals surface area contributed by atoms with Gasteiger partial charge in [-0.05, 0) is 49.2 Å². The van der Waals surface area contributed by atoms with Gasteiger partial charge in [0.1, 0.15) is 0 Å². The van der Waals surface area contributed by atoms with Crippen molar-refractivity contribution >= 4 is 11.6 Å². The minimum atomic E-state index is -0.0765. The van der Waals surface area contributed by atoms with Crippen molar-refractivity contribution in [1.29, 1.82) is 0 Å². The molecule has 0 fully saturated rings. The summed E-state index contributed by atoms with van der Waals surface area (Å²) < 4.78 is 1.90. The molecule has 0 amide bonds. The lowest BCUT2D eigenvalue weighted by Crippen LogP contribution is -2.32. The van der Waals surface area contributed by atoms with Crippen LogP contribution in [0, 0.1) is 6.92 Å². The Bertz CT molecular complexity index is 898. The number of nitrogens with one attached hydrogen (secondary N) is 2. The van der Waals surface area contributed by atoms with Gasteiger partial charge in [0.15, 0.2) is 0 Å². The molecule has 0 aliphatic rings. The summed E-state index contributed by atoms with van der Waals surface area (Å²) in [4.78, 5) is 14.9. The van der Waals surface area contributed by atoms with Crippen LogP contribution in [-0.2, 0) is 13.1 Å². The van der Waals surface area contributed by atoms with Crippen LogP contribution in [0.1, 0.15) is 18.2 Å². The molecule has 1 aromatic carbocycles. The van der Waals surface area contributed by atoms with Gasteiger partial charge in [-0.2, -0.15) is 5.10 Å². The topological polar surface area (TPSA) is 62.7 Å². The normalized spacial score (nSPS) is 12.3. The Morgan fingerprint density at radius 2 is 2.00 bits per heavy atom. The zero-order valence-corrected chi connectivity index (χ0v) is 15.0. The maximum Gasteiger partial charge on any atom is 0.252 e. The summed E-state index contributed by atoms with van der Waals surface area (Å²) in [5.41, 5.74) is 3.60. The molecular weight excluding hydrogens is 336 g/mol. The van der Waals surface area contributed by atoms with E-state index >= 15 is 0 Å². The Morgan fingerprint density at radius 3 is 2.68 bits per heavy atom. The minimum Gasteiger partial charge on any atom is -0.328 e. The molecule has 25 heavy (non-hydrogen) atoms. The molecule has 3 aromatic rings. The van der Waals surface area contributed by atoms with Crippen molar-refractivity contribution in [2.45, 2.75) is 33.0 Å². The number of hydrogen-bond donors (Lipinski definition) is 2. The van der Waals surface area contributed by atoms with Crippen molar-refractivity contribution in [2.24, 2.45) is 0 Å². The average molecular weight is 357 g/mol. The molecule has 0 saturated heterocycles. The Labute approximate surface area is 151 Å². The lowest BCUT2D eigenvalue weighted by Gasteiger charge is -2.14. The lowest BCUT2D eigenvalue weighted by molar-refractivity contribution is 0.449. The van der Waals surface area contributed by atoms with Crippen LogP contribution in [0.2, 0.25) is 5.02 Å². The second-order valence-electron chi connectivity index (χ2n) is 6.21. The van der Waals surface area contributed by atoms with Crippen molar-refractivity contribution in [3.8, 4) is 11.1 Å². The van der Waals surface area contributed by atoms with E-state index in [1.165, 1.54) is 0 Å². The Kier molecular flexibility index (Phi) is 5.36. The molecule has 0 aliphatic carbocycles. The minimum absolute atomic E-state index is 0.0765. The fourth-order valence-electron chi connectivity index (χ4n) is 2.67. The third-order valence-corrected chi connectivity index (χ3v) is 4.29. The summed E-state index contributed by atoms with van der Waals surface area (Å²) in [6.45, 7) is 5.30. The zero-order chi connectivity index (χ0) is 17.8. The smallest absolute Gasteiger partial charge is 0.252 e. The highest BCUT2D eigenvalue weighted by atomic mass is 35.5. The third-order valence-electron chi connectivity index (χ3n) is 4.03. The largest absolute Gasteiger partial charge is 0.328 e. The Morgan fingerprint density at radius 1 is 1.24 bits per heavy atom. The summed E-state index contributed by atoms with van der Waals surface area (Å²) in [5, 5.41) is 8.46. The van der Waals surface area contributed by atoms with Crippen LogP contribution in [0.3, 0.4) is 0 Å². The molecule has 0 saturated carbocycles. The maximum absolute atomic E-state index is 12.1. The van der Waals surface area contributed by atoms with E-state index in [-0.39, 0.29) is 11.6 Å². The monoisotopic (exact) mass is 356 g/mol. The highest BCUT2D eigenvalue weighted by Gasteiger charge is 2.08. The van der Waals surface area contributed by atoms with Crippen LogP contribution in [0.4, 0.5) is 0 Å². The van der Waals surface area contributed by atoms with Gasteiger partial charge in [-0.3, -0.25) is 9.48 Å². The molecule has 1 atom stereocenters. The predicted octanol–water partition coefficient (Wildman–Crippen LogP) is 3.38. The van der Waals surface area contributed by atoms with Crippen LogP contribution in [0.25, 0.3) is 11.1 Å². The molecule has 0 unspecified atom stereocenters. The number of rotatable bonds is 6. The quantitative estimate of drug-likeness (QED) is 0.711. The van der Waals surface area contributed by atoms with E-state index in [0.717, 1.165) is 23.4 Å². The van der Waals surface area contributed by atoms with Gasteiger partial charge < -0.3 is 10.3 Å². The number of aromatic amines is 1. The molecule has 130 valence electrons. The number of H-pyrrole nitrogens is 1. The SMILES string of the molecule is Cc1ccn(C[C@H](C)NCc2cc(-c3ccc(Cl)cc3)c[nH]c2=O)n1. The number of pyridine rings is 1. The van der Waals surface area contributed by atoms with E-state index in [0.29, 0.717) is 17.1 Å².